The average molecular weight is 215 g/mol. The Labute approximate surface area is 91.4 Å². The zero-order valence-electron chi connectivity index (χ0n) is 9.84. The van der Waals surface area contributed by atoms with Gasteiger partial charge in [0.1, 0.15) is 0 Å². The molecule has 0 aliphatic carbocycles. The molecule has 0 rings (SSSR count). The molecule has 0 aliphatic heterocycles. The fraction of sp³-hybridized carbons (Fsp3) is 0.818. The van der Waals surface area contributed by atoms with E-state index < -0.39 is 0 Å². The van der Waals surface area contributed by atoms with Crippen molar-refractivity contribution in [1.29, 1.82) is 0 Å². The summed E-state index contributed by atoms with van der Waals surface area (Å²) in [7, 11) is 0. The lowest BCUT2D eigenvalue weighted by molar-refractivity contribution is -0.144. The number of rotatable bonds is 7. The number of carbonyl (C=O) groups excluding carboxylic acids is 2. The third kappa shape index (κ3) is 7.97. The Morgan fingerprint density at radius 3 is 2.47 bits per heavy atom. The summed E-state index contributed by atoms with van der Waals surface area (Å²) in [4.78, 5) is 22.1. The summed E-state index contributed by atoms with van der Waals surface area (Å²) >= 11 is 0. The predicted octanol–water partition coefficient (Wildman–Crippen LogP) is 1.63. The van der Waals surface area contributed by atoms with E-state index in [4.69, 9.17) is 4.74 Å². The Bertz CT molecular complexity index is 204. The number of esters is 1. The summed E-state index contributed by atoms with van der Waals surface area (Å²) in [5.41, 5.74) is 0. The lowest BCUT2D eigenvalue weighted by atomic mass is 10.1. The highest BCUT2D eigenvalue weighted by Crippen LogP contribution is 2.00. The number of ether oxygens (including phenoxy) is 1. The molecule has 0 aromatic rings. The molecule has 0 radical (unpaired) electrons. The van der Waals surface area contributed by atoms with Gasteiger partial charge in [-0.25, -0.2) is 0 Å². The summed E-state index contributed by atoms with van der Waals surface area (Å²) in [5, 5.41) is 2.71. The molecule has 15 heavy (non-hydrogen) atoms. The van der Waals surface area contributed by atoms with Gasteiger partial charge in [-0.05, 0) is 12.8 Å². The Morgan fingerprint density at radius 1 is 1.33 bits per heavy atom. The molecule has 0 aliphatic rings. The van der Waals surface area contributed by atoms with Crippen LogP contribution in [0.1, 0.15) is 46.5 Å². The standard InChI is InChI=1S/C11H21NO3/c1-4-6-7-15-11(14)8-10(5-2)12-9(3)13/h10H,4-8H2,1-3H3,(H,12,13). The van der Waals surface area contributed by atoms with E-state index >= 15 is 0 Å². The molecule has 0 fully saturated rings. The molecule has 1 atom stereocenters. The van der Waals surface area contributed by atoms with Gasteiger partial charge in [-0.3, -0.25) is 9.59 Å². The van der Waals surface area contributed by atoms with Crippen LogP contribution in [0.5, 0.6) is 0 Å². The van der Waals surface area contributed by atoms with Crippen molar-refractivity contribution in [1.82, 2.24) is 5.32 Å². The molecule has 4 heteroatoms. The summed E-state index contributed by atoms with van der Waals surface area (Å²) in [6, 6.07) is -0.100. The van der Waals surface area contributed by atoms with Gasteiger partial charge >= 0.3 is 5.97 Å². The van der Waals surface area contributed by atoms with E-state index in [1.165, 1.54) is 6.92 Å². The molecule has 0 saturated heterocycles. The number of carbonyl (C=O) groups is 2. The van der Waals surface area contributed by atoms with E-state index in [1.807, 2.05) is 13.8 Å². The van der Waals surface area contributed by atoms with Crippen molar-refractivity contribution in [2.24, 2.45) is 0 Å². The van der Waals surface area contributed by atoms with Crippen molar-refractivity contribution in [3.8, 4) is 0 Å². The van der Waals surface area contributed by atoms with E-state index in [0.29, 0.717) is 6.61 Å². The second kappa shape index (κ2) is 8.26. The van der Waals surface area contributed by atoms with Gasteiger partial charge in [0.05, 0.1) is 13.0 Å². The van der Waals surface area contributed by atoms with Crippen LogP contribution in [-0.2, 0) is 14.3 Å². The molecular formula is C11H21NO3. The molecule has 4 nitrogen and oxygen atoms in total. The molecule has 0 bridgehead atoms. The van der Waals surface area contributed by atoms with Gasteiger partial charge in [0.25, 0.3) is 0 Å². The van der Waals surface area contributed by atoms with Crippen molar-refractivity contribution in [3.63, 3.8) is 0 Å². The molecule has 1 unspecified atom stereocenters. The van der Waals surface area contributed by atoms with Crippen molar-refractivity contribution >= 4 is 11.9 Å². The Hall–Kier alpha value is -1.06. The van der Waals surface area contributed by atoms with E-state index in [-0.39, 0.29) is 24.3 Å². The fourth-order valence-corrected chi connectivity index (χ4v) is 1.18. The van der Waals surface area contributed by atoms with Gasteiger partial charge in [0.15, 0.2) is 0 Å². The van der Waals surface area contributed by atoms with Crippen molar-refractivity contribution in [2.45, 2.75) is 52.5 Å². The number of hydrogen-bond acceptors (Lipinski definition) is 3. The summed E-state index contributed by atoms with van der Waals surface area (Å²) < 4.78 is 5.01. The first-order valence-electron chi connectivity index (χ1n) is 5.52. The monoisotopic (exact) mass is 215 g/mol. The van der Waals surface area contributed by atoms with Crippen LogP contribution in [0.2, 0.25) is 0 Å². The first kappa shape index (κ1) is 13.9. The van der Waals surface area contributed by atoms with Gasteiger partial charge in [0, 0.05) is 13.0 Å². The second-order valence-corrected chi connectivity index (χ2v) is 3.58. The predicted molar refractivity (Wildman–Crippen MR) is 58.4 cm³/mol. The molecule has 0 aromatic heterocycles. The second-order valence-electron chi connectivity index (χ2n) is 3.58. The van der Waals surface area contributed by atoms with Gasteiger partial charge in [0.2, 0.25) is 5.91 Å². The average Bonchev–Trinajstić information content (AvgIpc) is 2.16. The number of amides is 1. The maximum atomic E-state index is 11.3. The number of unbranched alkanes of at least 4 members (excludes halogenated alkanes) is 1. The minimum Gasteiger partial charge on any atom is -0.466 e. The third-order valence-corrected chi connectivity index (χ3v) is 2.07. The zero-order valence-corrected chi connectivity index (χ0v) is 9.84. The lowest BCUT2D eigenvalue weighted by Gasteiger charge is -2.14. The van der Waals surface area contributed by atoms with E-state index in [0.717, 1.165) is 19.3 Å². The maximum absolute atomic E-state index is 11.3. The Morgan fingerprint density at radius 2 is 2.00 bits per heavy atom. The van der Waals surface area contributed by atoms with Crippen LogP contribution in [0.4, 0.5) is 0 Å². The van der Waals surface area contributed by atoms with Crippen LogP contribution in [0, 0.1) is 0 Å². The molecule has 1 N–H and O–H groups in total. The summed E-state index contributed by atoms with van der Waals surface area (Å²) in [6.07, 6.45) is 2.90. The Balaban J connectivity index is 3.75. The molecule has 88 valence electrons. The SMILES string of the molecule is CCCCOC(=O)CC(CC)NC(C)=O. The van der Waals surface area contributed by atoms with Crippen LogP contribution in [0.25, 0.3) is 0 Å². The minimum atomic E-state index is -0.232. The Kier molecular flexibility index (Phi) is 7.68. The van der Waals surface area contributed by atoms with Gasteiger partial charge in [-0.15, -0.1) is 0 Å². The van der Waals surface area contributed by atoms with Gasteiger partial charge < -0.3 is 10.1 Å². The van der Waals surface area contributed by atoms with Crippen molar-refractivity contribution < 1.29 is 14.3 Å². The minimum absolute atomic E-state index is 0.100. The molecule has 0 spiro atoms. The van der Waals surface area contributed by atoms with E-state index in [1.54, 1.807) is 0 Å². The van der Waals surface area contributed by atoms with Crippen LogP contribution in [0.15, 0.2) is 0 Å². The number of nitrogens with one attached hydrogen (secondary N) is 1. The van der Waals surface area contributed by atoms with Gasteiger partial charge in [-0.2, -0.15) is 0 Å². The highest BCUT2D eigenvalue weighted by atomic mass is 16.5. The topological polar surface area (TPSA) is 55.4 Å². The quantitative estimate of drug-likeness (QED) is 0.519. The molecule has 0 heterocycles. The van der Waals surface area contributed by atoms with Crippen molar-refractivity contribution in [2.75, 3.05) is 6.61 Å². The van der Waals surface area contributed by atoms with E-state index in [9.17, 15) is 9.59 Å². The largest absolute Gasteiger partial charge is 0.466 e. The smallest absolute Gasteiger partial charge is 0.307 e. The third-order valence-electron chi connectivity index (χ3n) is 2.07. The maximum Gasteiger partial charge on any atom is 0.307 e. The highest BCUT2D eigenvalue weighted by molar-refractivity contribution is 5.75. The molecule has 0 aromatic carbocycles. The zero-order chi connectivity index (χ0) is 11.7. The lowest BCUT2D eigenvalue weighted by Crippen LogP contribution is -2.34. The summed E-state index contributed by atoms with van der Waals surface area (Å²) in [5.74, 6) is -0.341. The van der Waals surface area contributed by atoms with Crippen LogP contribution in [0.3, 0.4) is 0 Å². The van der Waals surface area contributed by atoms with Crippen LogP contribution < -0.4 is 5.32 Å². The van der Waals surface area contributed by atoms with Crippen molar-refractivity contribution in [3.05, 3.63) is 0 Å². The molecule has 1 amide bonds. The first-order valence-corrected chi connectivity index (χ1v) is 5.52. The summed E-state index contributed by atoms with van der Waals surface area (Å²) in [6.45, 7) is 5.90. The molecular weight excluding hydrogens is 194 g/mol. The fourth-order valence-electron chi connectivity index (χ4n) is 1.18. The normalized spacial score (nSPS) is 11.9. The highest BCUT2D eigenvalue weighted by Gasteiger charge is 2.13. The van der Waals surface area contributed by atoms with Crippen LogP contribution in [-0.4, -0.2) is 24.5 Å². The van der Waals surface area contributed by atoms with Crippen LogP contribution >= 0.6 is 0 Å². The molecule has 0 saturated carbocycles. The van der Waals surface area contributed by atoms with E-state index in [2.05, 4.69) is 5.32 Å². The van der Waals surface area contributed by atoms with Gasteiger partial charge in [-0.1, -0.05) is 20.3 Å². The number of hydrogen-bond donors (Lipinski definition) is 1. The first-order chi connectivity index (χ1) is 7.10.